The minimum atomic E-state index is 0.0388. The van der Waals surface area contributed by atoms with Gasteiger partial charge in [0.05, 0.1) is 0 Å². The molecule has 0 atom stereocenters. The Kier molecular flexibility index (Phi) is 4.73. The van der Waals surface area contributed by atoms with Crippen LogP contribution in [-0.2, 0) is 0 Å². The summed E-state index contributed by atoms with van der Waals surface area (Å²) >= 11 is 0. The largest absolute Gasteiger partial charge is 0.331 e. The Bertz CT molecular complexity index is 174. The molecule has 0 bridgehead atoms. The number of hydrogen-bond donors (Lipinski definition) is 1. The molecule has 0 aliphatic carbocycles. The van der Waals surface area contributed by atoms with Gasteiger partial charge in [-0.05, 0) is 26.7 Å². The van der Waals surface area contributed by atoms with Crippen molar-refractivity contribution < 1.29 is 4.79 Å². The number of amides is 2. The summed E-state index contributed by atoms with van der Waals surface area (Å²) < 4.78 is 0. The van der Waals surface area contributed by atoms with E-state index in [4.69, 9.17) is 0 Å². The van der Waals surface area contributed by atoms with E-state index in [0.717, 1.165) is 26.2 Å². The number of carbonyl (C=O) groups is 1. The third kappa shape index (κ3) is 3.18. The molecule has 14 heavy (non-hydrogen) atoms. The smallest absolute Gasteiger partial charge is 0.324 e. The monoisotopic (exact) mass is 199 g/mol. The number of piperidine rings is 1. The molecule has 0 aromatic heterocycles. The van der Waals surface area contributed by atoms with Gasteiger partial charge in [0.1, 0.15) is 0 Å². The molecule has 0 spiro atoms. The van der Waals surface area contributed by atoms with Crippen molar-refractivity contribution in [1.82, 2.24) is 15.3 Å². The van der Waals surface area contributed by atoms with Crippen molar-refractivity contribution in [2.75, 3.05) is 26.2 Å². The van der Waals surface area contributed by atoms with Crippen molar-refractivity contribution in [3.05, 3.63) is 0 Å². The number of hydrogen-bond acceptors (Lipinski definition) is 2. The molecular formula is C10H21N3O. The summed E-state index contributed by atoms with van der Waals surface area (Å²) in [5, 5.41) is 2.03. The summed E-state index contributed by atoms with van der Waals surface area (Å²) in [6.07, 6.45) is 3.68. The number of urea groups is 1. The van der Waals surface area contributed by atoms with E-state index in [1.807, 2.05) is 18.9 Å². The first-order valence-electron chi connectivity index (χ1n) is 5.58. The van der Waals surface area contributed by atoms with Crippen molar-refractivity contribution in [3.8, 4) is 0 Å². The number of nitrogens with zero attached hydrogens (tertiary/aromatic N) is 2. The second-order valence-corrected chi connectivity index (χ2v) is 3.64. The zero-order chi connectivity index (χ0) is 10.4. The van der Waals surface area contributed by atoms with Gasteiger partial charge in [0.15, 0.2) is 0 Å². The maximum Gasteiger partial charge on any atom is 0.331 e. The summed E-state index contributed by atoms with van der Waals surface area (Å²) in [5.41, 5.74) is 2.94. The molecule has 1 aliphatic rings. The molecule has 2 amide bonds. The highest BCUT2D eigenvalue weighted by atomic mass is 16.2. The molecule has 0 saturated carbocycles. The van der Waals surface area contributed by atoms with Crippen LogP contribution in [0.1, 0.15) is 33.1 Å². The lowest BCUT2D eigenvalue weighted by molar-refractivity contribution is 0.132. The first kappa shape index (κ1) is 11.3. The second-order valence-electron chi connectivity index (χ2n) is 3.64. The highest BCUT2D eigenvalue weighted by Gasteiger charge is 2.15. The van der Waals surface area contributed by atoms with Gasteiger partial charge in [-0.25, -0.2) is 9.80 Å². The molecular weight excluding hydrogens is 178 g/mol. The summed E-state index contributed by atoms with van der Waals surface area (Å²) in [5.74, 6) is 0. The Morgan fingerprint density at radius 1 is 1.21 bits per heavy atom. The third-order valence-corrected chi connectivity index (χ3v) is 2.66. The van der Waals surface area contributed by atoms with E-state index in [1.54, 1.807) is 4.90 Å². The van der Waals surface area contributed by atoms with Gasteiger partial charge in [0.2, 0.25) is 0 Å². The molecule has 1 N–H and O–H groups in total. The van der Waals surface area contributed by atoms with Crippen LogP contribution in [0.4, 0.5) is 4.79 Å². The number of nitrogens with one attached hydrogen (secondary N) is 1. The van der Waals surface area contributed by atoms with Crippen LogP contribution < -0.4 is 5.43 Å². The van der Waals surface area contributed by atoms with Crippen LogP contribution in [0.2, 0.25) is 0 Å². The van der Waals surface area contributed by atoms with E-state index >= 15 is 0 Å². The van der Waals surface area contributed by atoms with Gasteiger partial charge in [-0.2, -0.15) is 0 Å². The third-order valence-electron chi connectivity index (χ3n) is 2.66. The molecule has 0 aromatic rings. The molecule has 0 aromatic carbocycles. The van der Waals surface area contributed by atoms with Crippen molar-refractivity contribution >= 4 is 6.03 Å². The average molecular weight is 199 g/mol. The van der Waals surface area contributed by atoms with Gasteiger partial charge in [0.25, 0.3) is 0 Å². The molecule has 4 heteroatoms. The maximum absolute atomic E-state index is 11.6. The minimum absolute atomic E-state index is 0.0388. The molecule has 1 heterocycles. The van der Waals surface area contributed by atoms with Crippen LogP contribution in [0.3, 0.4) is 0 Å². The summed E-state index contributed by atoms with van der Waals surface area (Å²) in [6.45, 7) is 7.53. The molecule has 4 nitrogen and oxygen atoms in total. The van der Waals surface area contributed by atoms with E-state index in [0.29, 0.717) is 0 Å². The van der Waals surface area contributed by atoms with Crippen LogP contribution in [0.25, 0.3) is 0 Å². The van der Waals surface area contributed by atoms with E-state index in [2.05, 4.69) is 5.43 Å². The molecule has 82 valence electrons. The van der Waals surface area contributed by atoms with Crippen molar-refractivity contribution in [2.24, 2.45) is 0 Å². The van der Waals surface area contributed by atoms with Gasteiger partial charge in [-0.3, -0.25) is 5.43 Å². The fraction of sp³-hybridized carbons (Fsp3) is 0.900. The molecule has 1 fully saturated rings. The van der Waals surface area contributed by atoms with Gasteiger partial charge in [-0.15, -0.1) is 0 Å². The Hall–Kier alpha value is -0.770. The molecule has 1 rings (SSSR count). The topological polar surface area (TPSA) is 35.6 Å². The van der Waals surface area contributed by atoms with Gasteiger partial charge in [-0.1, -0.05) is 6.42 Å². The number of rotatable bonds is 3. The average Bonchev–Trinajstić information content (AvgIpc) is 2.21. The van der Waals surface area contributed by atoms with Crippen molar-refractivity contribution in [2.45, 2.75) is 33.1 Å². The lowest BCUT2D eigenvalue weighted by Gasteiger charge is -2.29. The molecule has 1 aliphatic heterocycles. The number of carbonyl (C=O) groups excluding carboxylic acids is 1. The summed E-state index contributed by atoms with van der Waals surface area (Å²) in [6, 6.07) is 0.0388. The molecule has 0 radical (unpaired) electrons. The van der Waals surface area contributed by atoms with Crippen LogP contribution in [-0.4, -0.2) is 42.1 Å². The predicted molar refractivity (Wildman–Crippen MR) is 56.9 cm³/mol. The first-order valence-corrected chi connectivity index (χ1v) is 5.58. The Balaban J connectivity index is 2.30. The highest BCUT2D eigenvalue weighted by Crippen LogP contribution is 2.06. The Morgan fingerprint density at radius 2 is 1.79 bits per heavy atom. The second kappa shape index (κ2) is 5.86. The lowest BCUT2D eigenvalue weighted by Crippen LogP contribution is -2.50. The summed E-state index contributed by atoms with van der Waals surface area (Å²) in [4.78, 5) is 13.4. The van der Waals surface area contributed by atoms with Crippen LogP contribution >= 0.6 is 0 Å². The predicted octanol–water partition coefficient (Wildman–Crippen LogP) is 1.44. The van der Waals surface area contributed by atoms with Crippen molar-refractivity contribution in [3.63, 3.8) is 0 Å². The quantitative estimate of drug-likeness (QED) is 0.746. The van der Waals surface area contributed by atoms with Crippen LogP contribution in [0, 0.1) is 0 Å². The fourth-order valence-corrected chi connectivity index (χ4v) is 1.72. The van der Waals surface area contributed by atoms with E-state index in [1.165, 1.54) is 19.3 Å². The Labute approximate surface area is 86.2 Å². The summed E-state index contributed by atoms with van der Waals surface area (Å²) in [7, 11) is 0. The van der Waals surface area contributed by atoms with Crippen molar-refractivity contribution in [1.29, 1.82) is 0 Å². The standard InChI is InChI=1S/C10H21N3O/c1-3-12(4-2)10(14)11-13-8-6-5-7-9-13/h3-9H2,1-2H3,(H,11,14). The molecule has 0 unspecified atom stereocenters. The zero-order valence-electron chi connectivity index (χ0n) is 9.25. The van der Waals surface area contributed by atoms with Crippen LogP contribution in [0.15, 0.2) is 0 Å². The van der Waals surface area contributed by atoms with Crippen LogP contribution in [0.5, 0.6) is 0 Å². The van der Waals surface area contributed by atoms with Gasteiger partial charge >= 0.3 is 6.03 Å². The maximum atomic E-state index is 11.6. The minimum Gasteiger partial charge on any atom is -0.324 e. The van der Waals surface area contributed by atoms with E-state index < -0.39 is 0 Å². The number of hydrazine groups is 1. The highest BCUT2D eigenvalue weighted by molar-refractivity contribution is 5.73. The normalized spacial score (nSPS) is 17.9. The lowest BCUT2D eigenvalue weighted by atomic mass is 10.2. The van der Waals surface area contributed by atoms with Gasteiger partial charge < -0.3 is 4.90 Å². The molecule has 1 saturated heterocycles. The first-order chi connectivity index (χ1) is 6.77. The van der Waals surface area contributed by atoms with E-state index in [9.17, 15) is 4.79 Å². The SMILES string of the molecule is CCN(CC)C(=O)NN1CCCCC1. The fourth-order valence-electron chi connectivity index (χ4n) is 1.72. The van der Waals surface area contributed by atoms with Gasteiger partial charge in [0, 0.05) is 26.2 Å². The zero-order valence-corrected chi connectivity index (χ0v) is 9.25. The van der Waals surface area contributed by atoms with E-state index in [-0.39, 0.29) is 6.03 Å². The Morgan fingerprint density at radius 3 is 2.29 bits per heavy atom.